The van der Waals surface area contributed by atoms with Gasteiger partial charge in [-0.1, -0.05) is 5.57 Å². The van der Waals surface area contributed by atoms with Crippen molar-refractivity contribution in [1.82, 2.24) is 15.1 Å². The number of aromatic nitrogens is 2. The van der Waals surface area contributed by atoms with Crippen molar-refractivity contribution in [3.05, 3.63) is 30.3 Å². The monoisotopic (exact) mass is 206 g/mol. The molecule has 1 heterocycles. The van der Waals surface area contributed by atoms with Crippen LogP contribution < -0.4 is 0 Å². The van der Waals surface area contributed by atoms with E-state index in [0.717, 1.165) is 5.57 Å². The summed E-state index contributed by atoms with van der Waals surface area (Å²) in [6, 6.07) is 0. The topological polar surface area (TPSA) is 54.5 Å². The number of nitrogens with zero attached hydrogens (tertiary/aromatic N) is 4. The highest BCUT2D eigenvalue weighted by atomic mass is 16.4. The normalized spacial score (nSPS) is 11.1. The number of hydrogen-bond acceptors (Lipinski definition) is 4. The van der Waals surface area contributed by atoms with E-state index in [0.29, 0.717) is 5.89 Å². The quantitative estimate of drug-likeness (QED) is 0.558. The number of aliphatic imine (C=N–C) groups is 1. The molecular weight excluding hydrogens is 192 g/mol. The molecule has 1 rings (SSSR count). The molecule has 0 saturated heterocycles. The van der Waals surface area contributed by atoms with Crippen molar-refractivity contribution < 1.29 is 4.42 Å². The van der Waals surface area contributed by atoms with E-state index in [1.54, 1.807) is 29.7 Å². The molecule has 1 aromatic rings. The van der Waals surface area contributed by atoms with E-state index in [4.69, 9.17) is 4.42 Å². The van der Waals surface area contributed by atoms with E-state index < -0.39 is 0 Å². The molecule has 0 aliphatic carbocycles. The first-order chi connectivity index (χ1) is 7.18. The smallest absolute Gasteiger partial charge is 0.241 e. The Morgan fingerprint density at radius 1 is 1.53 bits per heavy atom. The van der Waals surface area contributed by atoms with Gasteiger partial charge in [0, 0.05) is 25.5 Å². The molecule has 0 aliphatic rings. The van der Waals surface area contributed by atoms with E-state index in [9.17, 15) is 0 Å². The second-order valence-electron chi connectivity index (χ2n) is 3.23. The van der Waals surface area contributed by atoms with Gasteiger partial charge in [-0.3, -0.25) is 0 Å². The van der Waals surface area contributed by atoms with Crippen LogP contribution in [0.2, 0.25) is 0 Å². The molecule has 5 nitrogen and oxygen atoms in total. The Morgan fingerprint density at radius 2 is 2.33 bits per heavy atom. The van der Waals surface area contributed by atoms with Crippen LogP contribution in [0.25, 0.3) is 6.08 Å². The average Bonchev–Trinajstić information content (AvgIpc) is 2.66. The third-order valence-electron chi connectivity index (χ3n) is 1.41. The van der Waals surface area contributed by atoms with Crippen LogP contribution in [0.3, 0.4) is 0 Å². The van der Waals surface area contributed by atoms with Crippen LogP contribution in [0, 0.1) is 0 Å². The number of rotatable bonds is 4. The maximum atomic E-state index is 4.93. The lowest BCUT2D eigenvalue weighted by Gasteiger charge is -2.03. The van der Waals surface area contributed by atoms with Crippen molar-refractivity contribution in [3.63, 3.8) is 0 Å². The van der Waals surface area contributed by atoms with Gasteiger partial charge in [-0.15, -0.1) is 10.2 Å². The third kappa shape index (κ3) is 4.75. The van der Waals surface area contributed by atoms with Crippen LogP contribution >= 0.6 is 0 Å². The molecule has 0 bridgehead atoms. The summed E-state index contributed by atoms with van der Waals surface area (Å²) in [5, 5.41) is 7.27. The molecule has 80 valence electrons. The first-order valence-electron chi connectivity index (χ1n) is 4.51. The van der Waals surface area contributed by atoms with Crippen LogP contribution in [0.4, 0.5) is 0 Å². The van der Waals surface area contributed by atoms with Crippen molar-refractivity contribution in [2.75, 3.05) is 7.05 Å². The average molecular weight is 206 g/mol. The molecule has 0 aromatic carbocycles. The van der Waals surface area contributed by atoms with E-state index in [1.807, 2.05) is 20.9 Å². The fourth-order valence-corrected chi connectivity index (χ4v) is 0.762. The predicted octanol–water partition coefficient (Wildman–Crippen LogP) is 1.92. The lowest BCUT2D eigenvalue weighted by molar-refractivity contribution is 0.541. The molecule has 5 heteroatoms. The molecule has 0 amide bonds. The van der Waals surface area contributed by atoms with Gasteiger partial charge in [0.25, 0.3) is 0 Å². The molecular formula is C10H14N4O. The standard InChI is InChI=1S/C10H14N4O/c1-9(2)6-11-7-14(3)5-4-10-13-12-8-15-10/h4-8H,1-3H3. The molecule has 0 saturated carbocycles. The maximum absolute atomic E-state index is 4.93. The van der Waals surface area contributed by atoms with Crippen LogP contribution in [-0.2, 0) is 0 Å². The fourth-order valence-electron chi connectivity index (χ4n) is 0.762. The SMILES string of the molecule is CC(C)=CN=CN(C)C=Cc1nnco1. The minimum absolute atomic E-state index is 0.470. The van der Waals surface area contributed by atoms with Crippen molar-refractivity contribution >= 4 is 12.4 Å². The van der Waals surface area contributed by atoms with Gasteiger partial charge in [0.1, 0.15) is 0 Å². The Labute approximate surface area is 88.8 Å². The highest BCUT2D eigenvalue weighted by Crippen LogP contribution is 1.95. The Morgan fingerprint density at radius 3 is 2.93 bits per heavy atom. The van der Waals surface area contributed by atoms with Gasteiger partial charge in [-0.2, -0.15) is 0 Å². The van der Waals surface area contributed by atoms with Gasteiger partial charge in [-0.05, 0) is 13.8 Å². The molecule has 0 spiro atoms. The van der Waals surface area contributed by atoms with Gasteiger partial charge in [0.2, 0.25) is 12.3 Å². The Hall–Kier alpha value is -1.91. The van der Waals surface area contributed by atoms with Crippen molar-refractivity contribution in [2.45, 2.75) is 13.8 Å². The first kappa shape index (κ1) is 11.2. The molecule has 0 N–H and O–H groups in total. The van der Waals surface area contributed by atoms with E-state index in [1.165, 1.54) is 6.39 Å². The molecule has 0 radical (unpaired) electrons. The highest BCUT2D eigenvalue weighted by molar-refractivity contribution is 5.58. The predicted molar refractivity (Wildman–Crippen MR) is 59.0 cm³/mol. The summed E-state index contributed by atoms with van der Waals surface area (Å²) in [6.07, 6.45) is 8.27. The zero-order valence-corrected chi connectivity index (χ0v) is 9.08. The van der Waals surface area contributed by atoms with Gasteiger partial charge < -0.3 is 9.32 Å². The summed E-state index contributed by atoms with van der Waals surface area (Å²) in [6.45, 7) is 3.98. The molecule has 15 heavy (non-hydrogen) atoms. The zero-order valence-electron chi connectivity index (χ0n) is 9.08. The van der Waals surface area contributed by atoms with Gasteiger partial charge in [0.05, 0.1) is 6.34 Å². The van der Waals surface area contributed by atoms with Crippen molar-refractivity contribution in [3.8, 4) is 0 Å². The first-order valence-corrected chi connectivity index (χ1v) is 4.51. The van der Waals surface area contributed by atoms with Crippen molar-refractivity contribution in [2.24, 2.45) is 4.99 Å². The van der Waals surface area contributed by atoms with Gasteiger partial charge in [0.15, 0.2) is 0 Å². The van der Waals surface area contributed by atoms with Crippen LogP contribution in [0.1, 0.15) is 19.7 Å². The summed E-state index contributed by atoms with van der Waals surface area (Å²) in [5.41, 5.74) is 1.15. The molecule has 0 atom stereocenters. The number of hydrogen-bond donors (Lipinski definition) is 0. The summed E-state index contributed by atoms with van der Waals surface area (Å²) >= 11 is 0. The lowest BCUT2D eigenvalue weighted by Crippen LogP contribution is -2.06. The van der Waals surface area contributed by atoms with E-state index in [2.05, 4.69) is 15.2 Å². The Balaban J connectivity index is 2.46. The second kappa shape index (κ2) is 5.74. The largest absolute Gasteiger partial charge is 0.424 e. The zero-order chi connectivity index (χ0) is 11.1. The minimum Gasteiger partial charge on any atom is -0.424 e. The van der Waals surface area contributed by atoms with Crippen LogP contribution in [0.5, 0.6) is 0 Å². The summed E-state index contributed by atoms with van der Waals surface area (Å²) in [5.74, 6) is 0.470. The van der Waals surface area contributed by atoms with E-state index in [-0.39, 0.29) is 0 Å². The molecule has 0 aliphatic heterocycles. The fraction of sp³-hybridized carbons (Fsp3) is 0.300. The van der Waals surface area contributed by atoms with Crippen LogP contribution in [-0.4, -0.2) is 28.5 Å². The highest BCUT2D eigenvalue weighted by Gasteiger charge is 1.90. The molecule has 1 aromatic heterocycles. The van der Waals surface area contributed by atoms with Gasteiger partial charge >= 0.3 is 0 Å². The van der Waals surface area contributed by atoms with Crippen molar-refractivity contribution in [1.29, 1.82) is 0 Å². The molecule has 0 fully saturated rings. The number of allylic oxidation sites excluding steroid dienone is 1. The Kier molecular flexibility index (Phi) is 4.28. The Bertz CT molecular complexity index is 361. The third-order valence-corrected chi connectivity index (χ3v) is 1.41. The summed E-state index contributed by atoms with van der Waals surface area (Å²) in [7, 11) is 1.87. The summed E-state index contributed by atoms with van der Waals surface area (Å²) in [4.78, 5) is 5.89. The summed E-state index contributed by atoms with van der Waals surface area (Å²) < 4.78 is 4.93. The molecule has 0 unspecified atom stereocenters. The minimum atomic E-state index is 0.470. The van der Waals surface area contributed by atoms with Gasteiger partial charge in [-0.25, -0.2) is 4.99 Å². The van der Waals surface area contributed by atoms with Crippen LogP contribution in [0.15, 0.2) is 33.8 Å². The lowest BCUT2D eigenvalue weighted by atomic mass is 10.4. The van der Waals surface area contributed by atoms with E-state index >= 15 is 0 Å². The maximum Gasteiger partial charge on any atom is 0.241 e. The second-order valence-corrected chi connectivity index (χ2v) is 3.23.